The first-order valence-corrected chi connectivity index (χ1v) is 6.39. The monoisotopic (exact) mass is 296 g/mol. The summed E-state index contributed by atoms with van der Waals surface area (Å²) in [6.45, 7) is 0. The van der Waals surface area contributed by atoms with Gasteiger partial charge >= 0.3 is 21.6 Å². The third kappa shape index (κ3) is 2.80. The maximum absolute atomic E-state index is 12.1. The van der Waals surface area contributed by atoms with Crippen molar-refractivity contribution in [2.24, 2.45) is 5.92 Å². The number of hydrogen-bond acceptors (Lipinski definition) is 5. The van der Waals surface area contributed by atoms with Gasteiger partial charge in [0.05, 0.1) is 0 Å². The lowest BCUT2D eigenvalue weighted by Gasteiger charge is -2.25. The van der Waals surface area contributed by atoms with Crippen molar-refractivity contribution < 1.29 is 35.3 Å². The molecule has 0 saturated carbocycles. The Kier molecular flexibility index (Phi) is 3.17. The first-order chi connectivity index (χ1) is 8.69. The Balaban J connectivity index is 2.19. The Morgan fingerprint density at radius 2 is 1.84 bits per heavy atom. The van der Waals surface area contributed by atoms with Crippen molar-refractivity contribution in [3.63, 3.8) is 0 Å². The molecule has 104 valence electrons. The number of esters is 1. The lowest BCUT2D eigenvalue weighted by molar-refractivity contribution is -0.143. The number of alkyl halides is 3. The average Bonchev–Trinajstić information content (AvgIpc) is 2.26. The van der Waals surface area contributed by atoms with E-state index in [9.17, 15) is 26.4 Å². The molecule has 2 unspecified atom stereocenters. The lowest BCUT2D eigenvalue weighted by Crippen LogP contribution is -2.30. The molecule has 1 aliphatic carbocycles. The summed E-state index contributed by atoms with van der Waals surface area (Å²) in [7, 11) is -5.73. The van der Waals surface area contributed by atoms with Crippen LogP contribution in [0.15, 0.2) is 36.1 Å². The van der Waals surface area contributed by atoms with Crippen molar-refractivity contribution in [2.45, 2.75) is 11.6 Å². The summed E-state index contributed by atoms with van der Waals surface area (Å²) in [5, 5.41) is 0. The summed E-state index contributed by atoms with van der Waals surface area (Å²) in [6.07, 6.45) is 5.27. The number of fused-ring (bicyclic) bond motifs is 1. The standard InChI is InChI=1S/C10H7F3O5S/c11-10(12,13)19(15,16)18-7-3-1-6-2-4-9(14)17-8(6)5-7/h1-6,8H. The van der Waals surface area contributed by atoms with E-state index in [2.05, 4.69) is 4.18 Å². The van der Waals surface area contributed by atoms with Crippen LogP contribution in [0, 0.1) is 5.92 Å². The molecule has 0 aromatic rings. The van der Waals surface area contributed by atoms with Crippen LogP contribution < -0.4 is 0 Å². The summed E-state index contributed by atoms with van der Waals surface area (Å²) >= 11 is 0. The van der Waals surface area contributed by atoms with Gasteiger partial charge in [-0.3, -0.25) is 0 Å². The Hall–Kier alpha value is -1.77. The normalized spacial score (nSPS) is 26.5. The van der Waals surface area contributed by atoms with Gasteiger partial charge in [0, 0.05) is 18.1 Å². The summed E-state index contributed by atoms with van der Waals surface area (Å²) in [4.78, 5) is 11.0. The van der Waals surface area contributed by atoms with Crippen molar-refractivity contribution in [3.05, 3.63) is 36.1 Å². The van der Waals surface area contributed by atoms with Crippen molar-refractivity contribution in [1.82, 2.24) is 0 Å². The highest BCUT2D eigenvalue weighted by Crippen LogP contribution is 2.30. The topological polar surface area (TPSA) is 69.7 Å². The second kappa shape index (κ2) is 4.41. The quantitative estimate of drug-likeness (QED) is 0.438. The molecule has 2 atom stereocenters. The number of carbonyl (C=O) groups is 1. The van der Waals surface area contributed by atoms with Gasteiger partial charge < -0.3 is 8.92 Å². The minimum Gasteiger partial charge on any atom is -0.454 e. The molecule has 1 aliphatic heterocycles. The third-order valence-electron chi connectivity index (χ3n) is 2.39. The molecule has 2 aliphatic rings. The van der Waals surface area contributed by atoms with Crippen molar-refractivity contribution in [2.75, 3.05) is 0 Å². The molecular formula is C10H7F3O5S. The number of ether oxygens (including phenoxy) is 1. The average molecular weight is 296 g/mol. The highest BCUT2D eigenvalue weighted by molar-refractivity contribution is 7.87. The van der Waals surface area contributed by atoms with E-state index in [4.69, 9.17) is 4.74 Å². The molecule has 5 nitrogen and oxygen atoms in total. The highest BCUT2D eigenvalue weighted by atomic mass is 32.2. The van der Waals surface area contributed by atoms with Crippen LogP contribution in [-0.4, -0.2) is 26.0 Å². The van der Waals surface area contributed by atoms with Gasteiger partial charge in [-0.05, 0) is 6.08 Å². The second-order valence-corrected chi connectivity index (χ2v) is 5.29. The van der Waals surface area contributed by atoms with Crippen LogP contribution in [-0.2, 0) is 23.8 Å². The van der Waals surface area contributed by atoms with Crippen LogP contribution in [0.5, 0.6) is 0 Å². The molecule has 0 saturated heterocycles. The Bertz CT molecular complexity index is 585. The molecule has 0 radical (unpaired) electrons. The van der Waals surface area contributed by atoms with Crippen LogP contribution in [0.25, 0.3) is 0 Å². The highest BCUT2D eigenvalue weighted by Gasteiger charge is 2.49. The van der Waals surface area contributed by atoms with E-state index in [1.807, 2.05) is 0 Å². The maximum Gasteiger partial charge on any atom is 0.534 e. The van der Waals surface area contributed by atoms with E-state index in [1.165, 1.54) is 18.2 Å². The van der Waals surface area contributed by atoms with Crippen LogP contribution in [0.2, 0.25) is 0 Å². The fourth-order valence-electron chi connectivity index (χ4n) is 1.52. The molecule has 2 rings (SSSR count). The molecule has 0 N–H and O–H groups in total. The largest absolute Gasteiger partial charge is 0.534 e. The van der Waals surface area contributed by atoms with Crippen LogP contribution in [0.1, 0.15) is 0 Å². The summed E-state index contributed by atoms with van der Waals surface area (Å²) < 4.78 is 66.7. The molecule has 0 fully saturated rings. The van der Waals surface area contributed by atoms with Gasteiger partial charge in [-0.25, -0.2) is 4.79 Å². The first-order valence-electron chi connectivity index (χ1n) is 4.99. The smallest absolute Gasteiger partial charge is 0.454 e. The van der Waals surface area contributed by atoms with E-state index in [1.54, 1.807) is 0 Å². The molecule has 0 amide bonds. The fourth-order valence-corrected chi connectivity index (χ4v) is 1.98. The van der Waals surface area contributed by atoms with Crippen LogP contribution in [0.4, 0.5) is 13.2 Å². The molecule has 0 spiro atoms. The van der Waals surface area contributed by atoms with E-state index in [0.717, 1.165) is 12.2 Å². The third-order valence-corrected chi connectivity index (χ3v) is 3.37. The summed E-state index contributed by atoms with van der Waals surface area (Å²) in [6, 6.07) is 0. The lowest BCUT2D eigenvalue weighted by atomic mass is 9.95. The van der Waals surface area contributed by atoms with Gasteiger partial charge in [0.15, 0.2) is 0 Å². The van der Waals surface area contributed by atoms with E-state index < -0.39 is 33.5 Å². The minimum atomic E-state index is -5.73. The molecule has 9 heteroatoms. The molecular weight excluding hydrogens is 289 g/mol. The Morgan fingerprint density at radius 1 is 1.21 bits per heavy atom. The zero-order valence-electron chi connectivity index (χ0n) is 9.12. The maximum atomic E-state index is 12.1. The first kappa shape index (κ1) is 13.7. The van der Waals surface area contributed by atoms with E-state index in [0.29, 0.717) is 0 Å². The molecule has 0 aromatic carbocycles. The SMILES string of the molecule is O=C1C=CC2C=CC(OS(=O)(=O)C(F)(F)F)=CC2O1. The molecule has 19 heavy (non-hydrogen) atoms. The Morgan fingerprint density at radius 3 is 2.47 bits per heavy atom. The minimum absolute atomic E-state index is 0.348. The van der Waals surface area contributed by atoms with Crippen LogP contribution >= 0.6 is 0 Å². The predicted octanol–water partition coefficient (Wildman–Crippen LogP) is 1.40. The van der Waals surface area contributed by atoms with Gasteiger partial charge in [-0.15, -0.1) is 0 Å². The number of hydrogen-bond donors (Lipinski definition) is 0. The predicted molar refractivity (Wildman–Crippen MR) is 55.8 cm³/mol. The van der Waals surface area contributed by atoms with E-state index in [-0.39, 0.29) is 5.92 Å². The number of allylic oxidation sites excluding steroid dienone is 1. The zero-order chi connectivity index (χ0) is 14.3. The van der Waals surface area contributed by atoms with Crippen LogP contribution in [0.3, 0.4) is 0 Å². The number of halogens is 3. The van der Waals surface area contributed by atoms with Crippen molar-refractivity contribution >= 4 is 16.1 Å². The fraction of sp³-hybridized carbons (Fsp3) is 0.300. The molecule has 0 bridgehead atoms. The number of rotatable bonds is 2. The molecule has 0 aromatic heterocycles. The second-order valence-electron chi connectivity index (χ2n) is 3.75. The summed E-state index contributed by atoms with van der Waals surface area (Å²) in [5.41, 5.74) is -5.51. The van der Waals surface area contributed by atoms with Gasteiger partial charge in [0.25, 0.3) is 0 Å². The zero-order valence-corrected chi connectivity index (χ0v) is 9.94. The number of carbonyl (C=O) groups excluding carboxylic acids is 1. The molecule has 1 heterocycles. The summed E-state index contributed by atoms with van der Waals surface area (Å²) in [5.74, 6) is -1.55. The van der Waals surface area contributed by atoms with E-state index >= 15 is 0 Å². The van der Waals surface area contributed by atoms with Crippen molar-refractivity contribution in [3.8, 4) is 0 Å². The van der Waals surface area contributed by atoms with Gasteiger partial charge in [-0.1, -0.05) is 12.2 Å². The Labute approximate surface area is 106 Å². The van der Waals surface area contributed by atoms with Gasteiger partial charge in [0.2, 0.25) is 0 Å². The van der Waals surface area contributed by atoms with Gasteiger partial charge in [0.1, 0.15) is 11.9 Å². The van der Waals surface area contributed by atoms with Crippen molar-refractivity contribution in [1.29, 1.82) is 0 Å². The van der Waals surface area contributed by atoms with Gasteiger partial charge in [-0.2, -0.15) is 21.6 Å².